The first-order chi connectivity index (χ1) is 7.32. The molecule has 0 bridgehead atoms. The van der Waals surface area contributed by atoms with Crippen LogP contribution in [0.2, 0.25) is 0 Å². The lowest BCUT2D eigenvalue weighted by molar-refractivity contribution is -0.136. The number of amides is 1. The minimum Gasteiger partial charge on any atom is -0.392 e. The van der Waals surface area contributed by atoms with Gasteiger partial charge in [0.1, 0.15) is 0 Å². The molecule has 2 N–H and O–H groups in total. The van der Waals surface area contributed by atoms with Crippen molar-refractivity contribution >= 4 is 23.1 Å². The summed E-state index contributed by atoms with van der Waals surface area (Å²) in [7, 11) is 0. The zero-order valence-corrected chi connectivity index (χ0v) is 11.4. The van der Waals surface area contributed by atoms with Gasteiger partial charge >= 0.3 is 0 Å². The Hall–Kier alpha value is -0.640. The average Bonchev–Trinajstić information content (AvgIpc) is 2.56. The van der Waals surface area contributed by atoms with E-state index < -0.39 is 5.41 Å². The number of hydrogen-bond donors (Lipinski definition) is 1. The van der Waals surface area contributed by atoms with Crippen LogP contribution in [0.1, 0.15) is 34.1 Å². The minimum absolute atomic E-state index is 0.0960. The highest BCUT2D eigenvalue weighted by atomic mass is 32.1. The first-order valence-corrected chi connectivity index (χ1v) is 6.33. The molecule has 3 unspecified atom stereocenters. The van der Waals surface area contributed by atoms with E-state index in [0.717, 1.165) is 13.1 Å². The monoisotopic (exact) mass is 242 g/mol. The molecule has 1 amide bonds. The summed E-state index contributed by atoms with van der Waals surface area (Å²) in [6.07, 6.45) is 0.667. The molecule has 1 rings (SSSR count). The maximum atomic E-state index is 12.4. The van der Waals surface area contributed by atoms with Gasteiger partial charge in [0.2, 0.25) is 5.91 Å². The van der Waals surface area contributed by atoms with Crippen LogP contribution in [0.3, 0.4) is 0 Å². The molecule has 16 heavy (non-hydrogen) atoms. The van der Waals surface area contributed by atoms with Crippen LogP contribution in [0.25, 0.3) is 0 Å². The molecular weight excluding hydrogens is 220 g/mol. The molecule has 1 fully saturated rings. The molecule has 0 aromatic rings. The summed E-state index contributed by atoms with van der Waals surface area (Å²) in [5, 5.41) is 0. The van der Waals surface area contributed by atoms with Gasteiger partial charge in [0.15, 0.2) is 0 Å². The number of likely N-dealkylation sites (tertiary alicyclic amines) is 1. The van der Waals surface area contributed by atoms with E-state index in [2.05, 4.69) is 13.8 Å². The fraction of sp³-hybridized carbons (Fsp3) is 0.833. The van der Waals surface area contributed by atoms with Gasteiger partial charge in [0.25, 0.3) is 0 Å². The van der Waals surface area contributed by atoms with E-state index in [0.29, 0.717) is 23.2 Å². The van der Waals surface area contributed by atoms with E-state index in [9.17, 15) is 4.79 Å². The van der Waals surface area contributed by atoms with E-state index in [1.54, 1.807) is 0 Å². The third-order valence-electron chi connectivity index (χ3n) is 4.00. The van der Waals surface area contributed by atoms with Crippen molar-refractivity contribution in [2.45, 2.75) is 34.1 Å². The van der Waals surface area contributed by atoms with Gasteiger partial charge in [-0.25, -0.2) is 0 Å². The SMILES string of the molecule is CCC(C)(C(=O)N1CC(C)C(C)C1)C(N)=S. The maximum absolute atomic E-state index is 12.4. The fourth-order valence-corrected chi connectivity index (χ4v) is 2.31. The normalized spacial score (nSPS) is 28.9. The molecular formula is C12H22N2OS. The topological polar surface area (TPSA) is 46.3 Å². The van der Waals surface area contributed by atoms with Gasteiger partial charge in [-0.1, -0.05) is 33.0 Å². The van der Waals surface area contributed by atoms with Gasteiger partial charge < -0.3 is 10.6 Å². The predicted octanol–water partition coefficient (Wildman–Crippen LogP) is 1.80. The zero-order valence-electron chi connectivity index (χ0n) is 10.6. The van der Waals surface area contributed by atoms with Crippen LogP contribution in [0, 0.1) is 17.3 Å². The molecule has 0 aromatic carbocycles. The number of hydrogen-bond acceptors (Lipinski definition) is 2. The average molecular weight is 242 g/mol. The van der Waals surface area contributed by atoms with Gasteiger partial charge in [-0.2, -0.15) is 0 Å². The Kier molecular flexibility index (Phi) is 3.94. The van der Waals surface area contributed by atoms with Crippen LogP contribution in [0.5, 0.6) is 0 Å². The van der Waals surface area contributed by atoms with Crippen molar-refractivity contribution < 1.29 is 4.79 Å². The molecule has 0 saturated carbocycles. The zero-order chi connectivity index (χ0) is 12.5. The fourth-order valence-electron chi connectivity index (χ4n) is 2.08. The smallest absolute Gasteiger partial charge is 0.235 e. The number of rotatable bonds is 3. The number of nitrogens with zero attached hydrogens (tertiary/aromatic N) is 1. The standard InChI is InChI=1S/C12H22N2OS/c1-5-12(4,10(13)16)11(15)14-6-8(2)9(3)7-14/h8-9H,5-7H2,1-4H3,(H2,13,16). The highest BCUT2D eigenvalue weighted by molar-refractivity contribution is 7.80. The predicted molar refractivity (Wildman–Crippen MR) is 70.1 cm³/mol. The highest BCUT2D eigenvalue weighted by Crippen LogP contribution is 2.30. The van der Waals surface area contributed by atoms with E-state index in [-0.39, 0.29) is 5.91 Å². The first kappa shape index (κ1) is 13.4. The van der Waals surface area contributed by atoms with E-state index in [1.807, 2.05) is 18.7 Å². The largest absolute Gasteiger partial charge is 0.392 e. The molecule has 0 aromatic heterocycles. The lowest BCUT2D eigenvalue weighted by atomic mass is 9.86. The van der Waals surface area contributed by atoms with Crippen molar-refractivity contribution in [3.8, 4) is 0 Å². The van der Waals surface area contributed by atoms with Crippen LogP contribution < -0.4 is 5.73 Å². The maximum Gasteiger partial charge on any atom is 0.235 e. The summed E-state index contributed by atoms with van der Waals surface area (Å²) < 4.78 is 0. The Morgan fingerprint density at radius 3 is 2.19 bits per heavy atom. The third kappa shape index (κ3) is 2.21. The van der Waals surface area contributed by atoms with Gasteiger partial charge in [0, 0.05) is 13.1 Å². The molecule has 4 heteroatoms. The van der Waals surface area contributed by atoms with Gasteiger partial charge in [-0.15, -0.1) is 0 Å². The van der Waals surface area contributed by atoms with Crippen LogP contribution in [-0.4, -0.2) is 28.9 Å². The van der Waals surface area contributed by atoms with Crippen LogP contribution in [0.15, 0.2) is 0 Å². The number of carbonyl (C=O) groups excluding carboxylic acids is 1. The van der Waals surface area contributed by atoms with Crippen molar-refractivity contribution in [2.75, 3.05) is 13.1 Å². The van der Waals surface area contributed by atoms with Crippen molar-refractivity contribution in [3.05, 3.63) is 0 Å². The molecule has 1 aliphatic rings. The molecule has 3 nitrogen and oxygen atoms in total. The molecule has 0 aliphatic carbocycles. The van der Waals surface area contributed by atoms with Gasteiger partial charge in [0.05, 0.1) is 10.4 Å². The number of carbonyl (C=O) groups is 1. The number of nitrogens with two attached hydrogens (primary N) is 1. The van der Waals surface area contributed by atoms with Crippen molar-refractivity contribution in [2.24, 2.45) is 23.0 Å². The second-order valence-electron chi connectivity index (χ2n) is 5.21. The summed E-state index contributed by atoms with van der Waals surface area (Å²) in [6.45, 7) is 9.84. The summed E-state index contributed by atoms with van der Waals surface area (Å²) >= 11 is 5.03. The lowest BCUT2D eigenvalue weighted by Gasteiger charge is -2.30. The Morgan fingerprint density at radius 2 is 1.88 bits per heavy atom. The summed E-state index contributed by atoms with van der Waals surface area (Å²) in [4.78, 5) is 14.6. The molecule has 0 spiro atoms. The quantitative estimate of drug-likeness (QED) is 0.768. The third-order valence-corrected chi connectivity index (χ3v) is 4.45. The molecule has 0 radical (unpaired) electrons. The number of thiocarbonyl (C=S) groups is 1. The van der Waals surface area contributed by atoms with Crippen LogP contribution >= 0.6 is 12.2 Å². The van der Waals surface area contributed by atoms with Crippen molar-refractivity contribution in [1.29, 1.82) is 0 Å². The Labute approximate surface area is 103 Å². The van der Waals surface area contributed by atoms with Crippen LogP contribution in [0.4, 0.5) is 0 Å². The summed E-state index contributed by atoms with van der Waals surface area (Å²) in [6, 6.07) is 0. The van der Waals surface area contributed by atoms with Gasteiger partial charge in [-0.3, -0.25) is 4.79 Å². The van der Waals surface area contributed by atoms with Crippen molar-refractivity contribution in [1.82, 2.24) is 4.90 Å². The second kappa shape index (κ2) is 4.70. The summed E-state index contributed by atoms with van der Waals surface area (Å²) in [5.74, 6) is 1.23. The van der Waals surface area contributed by atoms with Crippen molar-refractivity contribution in [3.63, 3.8) is 0 Å². The van der Waals surface area contributed by atoms with Gasteiger partial charge in [-0.05, 0) is 25.2 Å². The van der Waals surface area contributed by atoms with E-state index in [4.69, 9.17) is 18.0 Å². The lowest BCUT2D eigenvalue weighted by Crippen LogP contribution is -2.48. The Bertz CT molecular complexity index is 295. The molecule has 3 atom stereocenters. The van der Waals surface area contributed by atoms with E-state index in [1.165, 1.54) is 0 Å². The molecule has 1 aliphatic heterocycles. The second-order valence-corrected chi connectivity index (χ2v) is 5.65. The first-order valence-electron chi connectivity index (χ1n) is 5.92. The Morgan fingerprint density at radius 1 is 1.44 bits per heavy atom. The minimum atomic E-state index is -0.668. The Balaban J connectivity index is 2.82. The van der Waals surface area contributed by atoms with E-state index >= 15 is 0 Å². The molecule has 92 valence electrons. The molecule has 1 heterocycles. The van der Waals surface area contributed by atoms with Crippen LogP contribution in [-0.2, 0) is 4.79 Å². The summed E-state index contributed by atoms with van der Waals surface area (Å²) in [5.41, 5.74) is 5.04. The molecule has 1 saturated heterocycles. The highest BCUT2D eigenvalue weighted by Gasteiger charge is 2.41.